The van der Waals surface area contributed by atoms with Crippen molar-refractivity contribution < 1.29 is 9.59 Å². The highest BCUT2D eigenvalue weighted by atomic mass is 35.5. The number of likely N-dealkylation sites (tertiary alicyclic amines) is 1. The number of carbonyl (C=O) groups is 2. The first-order valence-corrected chi connectivity index (χ1v) is 7.80. The molecule has 4 nitrogen and oxygen atoms in total. The van der Waals surface area contributed by atoms with Crippen LogP contribution in [0, 0.1) is 0 Å². The minimum absolute atomic E-state index is 0.0466. The number of nitrogens with one attached hydrogen (secondary N) is 1. The summed E-state index contributed by atoms with van der Waals surface area (Å²) >= 11 is 5.88. The molecule has 1 saturated heterocycles. The van der Waals surface area contributed by atoms with Crippen LogP contribution in [0.15, 0.2) is 24.3 Å². The Labute approximate surface area is 130 Å². The van der Waals surface area contributed by atoms with Crippen LogP contribution in [0.2, 0.25) is 5.02 Å². The molecule has 0 radical (unpaired) electrons. The zero-order valence-electron chi connectivity index (χ0n) is 12.3. The van der Waals surface area contributed by atoms with Crippen molar-refractivity contribution >= 4 is 23.4 Å². The Morgan fingerprint density at radius 1 is 1.33 bits per heavy atom. The molecule has 1 aromatic carbocycles. The molecular weight excluding hydrogens is 288 g/mol. The fourth-order valence-electron chi connectivity index (χ4n) is 2.56. The van der Waals surface area contributed by atoms with E-state index in [2.05, 4.69) is 5.32 Å². The maximum Gasteiger partial charge on any atom is 0.240 e. The largest absolute Gasteiger partial charge is 0.348 e. The van der Waals surface area contributed by atoms with Crippen LogP contribution in [-0.2, 0) is 9.59 Å². The summed E-state index contributed by atoms with van der Waals surface area (Å²) in [4.78, 5) is 25.5. The zero-order chi connectivity index (χ0) is 15.2. The number of nitrogens with zero attached hydrogens (tertiary/aromatic N) is 1. The van der Waals surface area contributed by atoms with E-state index in [1.165, 1.54) is 0 Å². The van der Waals surface area contributed by atoms with Gasteiger partial charge in [-0.1, -0.05) is 30.7 Å². The number of hydrogen-bond acceptors (Lipinski definition) is 2. The molecule has 1 heterocycles. The highest BCUT2D eigenvalue weighted by Gasteiger charge is 2.21. The normalized spacial score (nSPS) is 16.7. The number of amides is 2. The van der Waals surface area contributed by atoms with Gasteiger partial charge in [-0.3, -0.25) is 9.59 Å². The third-order valence-corrected chi connectivity index (χ3v) is 4.02. The van der Waals surface area contributed by atoms with Crippen LogP contribution in [0.5, 0.6) is 0 Å². The maximum absolute atomic E-state index is 12.1. The Kier molecular flexibility index (Phi) is 5.62. The van der Waals surface area contributed by atoms with Gasteiger partial charge < -0.3 is 10.2 Å². The fourth-order valence-corrected chi connectivity index (χ4v) is 2.68. The second kappa shape index (κ2) is 7.46. The van der Waals surface area contributed by atoms with Crippen LogP contribution in [0.25, 0.3) is 0 Å². The molecular formula is C16H21ClN2O2. The van der Waals surface area contributed by atoms with Crippen LogP contribution in [0.4, 0.5) is 0 Å². The fraction of sp³-hybridized carbons (Fsp3) is 0.500. The topological polar surface area (TPSA) is 49.4 Å². The number of hydrogen-bond donors (Lipinski definition) is 1. The van der Waals surface area contributed by atoms with E-state index in [1.54, 1.807) is 4.90 Å². The van der Waals surface area contributed by atoms with E-state index in [9.17, 15) is 9.59 Å². The van der Waals surface area contributed by atoms with Gasteiger partial charge >= 0.3 is 0 Å². The molecule has 2 amide bonds. The molecule has 1 unspecified atom stereocenters. The molecule has 114 valence electrons. The zero-order valence-corrected chi connectivity index (χ0v) is 13.0. The molecule has 1 fully saturated rings. The summed E-state index contributed by atoms with van der Waals surface area (Å²) in [5.74, 6) is -0.0250. The quantitative estimate of drug-likeness (QED) is 0.909. The lowest BCUT2D eigenvalue weighted by Gasteiger charge is -2.27. The number of benzene rings is 1. The SMILES string of the molecule is CCC(NC(=O)CN1CCCCC1=O)c1ccc(Cl)cc1. The lowest BCUT2D eigenvalue weighted by atomic mass is 10.0. The van der Waals surface area contributed by atoms with Gasteiger partial charge in [-0.05, 0) is 37.0 Å². The minimum Gasteiger partial charge on any atom is -0.348 e. The molecule has 1 atom stereocenters. The van der Waals surface area contributed by atoms with Gasteiger partial charge in [-0.15, -0.1) is 0 Å². The molecule has 0 saturated carbocycles. The van der Waals surface area contributed by atoms with Crippen LogP contribution in [0.3, 0.4) is 0 Å². The molecule has 2 rings (SSSR count). The van der Waals surface area contributed by atoms with Gasteiger partial charge in [0.25, 0.3) is 0 Å². The Balaban J connectivity index is 1.93. The third-order valence-electron chi connectivity index (χ3n) is 3.77. The van der Waals surface area contributed by atoms with Gasteiger partial charge in [-0.2, -0.15) is 0 Å². The van der Waals surface area contributed by atoms with Crippen molar-refractivity contribution in [3.8, 4) is 0 Å². The van der Waals surface area contributed by atoms with Gasteiger partial charge in [0.15, 0.2) is 0 Å². The van der Waals surface area contributed by atoms with Crippen LogP contribution < -0.4 is 5.32 Å². The van der Waals surface area contributed by atoms with E-state index >= 15 is 0 Å². The molecule has 1 N–H and O–H groups in total. The molecule has 0 spiro atoms. The average molecular weight is 309 g/mol. The lowest BCUT2D eigenvalue weighted by Crippen LogP contribution is -2.43. The Morgan fingerprint density at radius 2 is 2.05 bits per heavy atom. The predicted octanol–water partition coefficient (Wildman–Crippen LogP) is 2.92. The highest BCUT2D eigenvalue weighted by molar-refractivity contribution is 6.30. The maximum atomic E-state index is 12.1. The lowest BCUT2D eigenvalue weighted by molar-refractivity contribution is -0.138. The van der Waals surface area contributed by atoms with Crippen molar-refractivity contribution in [2.75, 3.05) is 13.1 Å². The second-order valence-electron chi connectivity index (χ2n) is 5.35. The first-order valence-electron chi connectivity index (χ1n) is 7.42. The smallest absolute Gasteiger partial charge is 0.240 e. The Morgan fingerprint density at radius 3 is 2.67 bits per heavy atom. The van der Waals surface area contributed by atoms with Gasteiger partial charge in [0.1, 0.15) is 0 Å². The Bertz CT molecular complexity index is 502. The second-order valence-corrected chi connectivity index (χ2v) is 5.79. The van der Waals surface area contributed by atoms with Crippen LogP contribution in [0.1, 0.15) is 44.2 Å². The van der Waals surface area contributed by atoms with Crippen molar-refractivity contribution in [3.05, 3.63) is 34.9 Å². The molecule has 0 bridgehead atoms. The summed E-state index contributed by atoms with van der Waals surface area (Å²) in [6, 6.07) is 7.43. The van der Waals surface area contributed by atoms with Crippen molar-refractivity contribution in [2.45, 2.75) is 38.6 Å². The summed E-state index contributed by atoms with van der Waals surface area (Å²) in [7, 11) is 0. The monoisotopic (exact) mass is 308 g/mol. The summed E-state index contributed by atoms with van der Waals surface area (Å²) < 4.78 is 0. The van der Waals surface area contributed by atoms with E-state index in [0.717, 1.165) is 24.8 Å². The van der Waals surface area contributed by atoms with Gasteiger partial charge in [0.05, 0.1) is 12.6 Å². The van der Waals surface area contributed by atoms with Crippen LogP contribution >= 0.6 is 11.6 Å². The van der Waals surface area contributed by atoms with Gasteiger partial charge in [-0.25, -0.2) is 0 Å². The average Bonchev–Trinajstić information content (AvgIpc) is 2.48. The van der Waals surface area contributed by atoms with Crippen molar-refractivity contribution in [3.63, 3.8) is 0 Å². The highest BCUT2D eigenvalue weighted by Crippen LogP contribution is 2.19. The minimum atomic E-state index is -0.105. The third kappa shape index (κ3) is 4.46. The Hall–Kier alpha value is -1.55. The molecule has 1 aliphatic heterocycles. The van der Waals surface area contributed by atoms with Crippen molar-refractivity contribution in [2.24, 2.45) is 0 Å². The summed E-state index contributed by atoms with van der Waals surface area (Å²) in [5.41, 5.74) is 1.03. The van der Waals surface area contributed by atoms with E-state index in [-0.39, 0.29) is 24.4 Å². The number of carbonyl (C=O) groups excluding carboxylic acids is 2. The van der Waals surface area contributed by atoms with E-state index < -0.39 is 0 Å². The number of rotatable bonds is 5. The van der Waals surface area contributed by atoms with E-state index in [1.807, 2.05) is 31.2 Å². The first kappa shape index (κ1) is 15.8. The summed E-state index contributed by atoms with van der Waals surface area (Å²) in [6.07, 6.45) is 3.26. The number of halogens is 1. The van der Waals surface area contributed by atoms with Crippen LogP contribution in [-0.4, -0.2) is 29.8 Å². The molecule has 1 aliphatic rings. The van der Waals surface area contributed by atoms with E-state index in [4.69, 9.17) is 11.6 Å². The number of piperidine rings is 1. The molecule has 0 aliphatic carbocycles. The molecule has 21 heavy (non-hydrogen) atoms. The summed E-state index contributed by atoms with van der Waals surface area (Å²) in [5, 5.41) is 3.67. The molecule has 1 aromatic rings. The standard InChI is InChI=1S/C16H21ClN2O2/c1-2-14(12-6-8-13(17)9-7-12)18-15(20)11-19-10-4-3-5-16(19)21/h6-9,14H,2-5,10-11H2,1H3,(H,18,20). The predicted molar refractivity (Wildman–Crippen MR) is 83.1 cm³/mol. The van der Waals surface area contributed by atoms with Gasteiger partial charge in [0, 0.05) is 18.0 Å². The van der Waals surface area contributed by atoms with Gasteiger partial charge in [0.2, 0.25) is 11.8 Å². The summed E-state index contributed by atoms with van der Waals surface area (Å²) in [6.45, 7) is 2.86. The van der Waals surface area contributed by atoms with E-state index in [0.29, 0.717) is 18.0 Å². The van der Waals surface area contributed by atoms with Crippen molar-refractivity contribution in [1.29, 1.82) is 0 Å². The first-order chi connectivity index (χ1) is 10.1. The molecule has 5 heteroatoms. The van der Waals surface area contributed by atoms with Crippen molar-refractivity contribution in [1.82, 2.24) is 10.2 Å². The molecule has 0 aromatic heterocycles.